The van der Waals surface area contributed by atoms with E-state index in [2.05, 4.69) is 5.32 Å². The van der Waals surface area contributed by atoms with Crippen molar-refractivity contribution in [2.24, 2.45) is 0 Å². The fourth-order valence-electron chi connectivity index (χ4n) is 2.60. The van der Waals surface area contributed by atoms with Crippen LogP contribution in [-0.2, 0) is 11.2 Å². The van der Waals surface area contributed by atoms with E-state index in [1.165, 1.54) is 0 Å². The number of benzene rings is 2. The first-order valence-electron chi connectivity index (χ1n) is 6.88. The van der Waals surface area contributed by atoms with E-state index in [1.807, 2.05) is 36.4 Å². The maximum absolute atomic E-state index is 12.6. The van der Waals surface area contributed by atoms with Crippen molar-refractivity contribution in [2.45, 2.75) is 12.5 Å². The Labute approximate surface area is 123 Å². The van der Waals surface area contributed by atoms with E-state index >= 15 is 0 Å². The van der Waals surface area contributed by atoms with E-state index in [9.17, 15) is 9.59 Å². The molecule has 21 heavy (non-hydrogen) atoms. The molecule has 1 N–H and O–H groups in total. The number of hydrogen-bond acceptors (Lipinski definition) is 2. The molecular weight excluding hydrogens is 264 g/mol. The van der Waals surface area contributed by atoms with Gasteiger partial charge in [-0.1, -0.05) is 42.5 Å². The molecule has 0 spiro atoms. The second-order valence-electron chi connectivity index (χ2n) is 5.13. The molecule has 4 heteroatoms. The summed E-state index contributed by atoms with van der Waals surface area (Å²) < 4.78 is 0. The lowest BCUT2D eigenvalue weighted by atomic mass is 10.1. The number of fused-ring (bicyclic) bond motifs is 1. The van der Waals surface area contributed by atoms with Crippen LogP contribution in [0.15, 0.2) is 54.6 Å². The summed E-state index contributed by atoms with van der Waals surface area (Å²) in [5.74, 6) is -0.304. The van der Waals surface area contributed by atoms with Gasteiger partial charge >= 0.3 is 0 Å². The van der Waals surface area contributed by atoms with Crippen molar-refractivity contribution in [3.63, 3.8) is 0 Å². The number of rotatable bonds is 2. The van der Waals surface area contributed by atoms with E-state index in [4.69, 9.17) is 0 Å². The van der Waals surface area contributed by atoms with E-state index in [0.29, 0.717) is 17.7 Å². The zero-order valence-electron chi connectivity index (χ0n) is 11.7. The van der Waals surface area contributed by atoms with Crippen LogP contribution in [-0.4, -0.2) is 24.9 Å². The Kier molecular flexibility index (Phi) is 3.44. The van der Waals surface area contributed by atoms with Gasteiger partial charge in [0, 0.05) is 13.5 Å². The molecule has 4 nitrogen and oxygen atoms in total. The van der Waals surface area contributed by atoms with Crippen molar-refractivity contribution in [2.75, 3.05) is 11.9 Å². The van der Waals surface area contributed by atoms with Crippen molar-refractivity contribution >= 4 is 17.5 Å². The number of likely N-dealkylation sites (N-methyl/N-ethyl adjacent to an activating group) is 1. The molecule has 2 aromatic carbocycles. The zero-order valence-corrected chi connectivity index (χ0v) is 11.7. The molecule has 2 aromatic rings. The summed E-state index contributed by atoms with van der Waals surface area (Å²) in [6, 6.07) is 16.3. The van der Waals surface area contributed by atoms with Gasteiger partial charge in [-0.3, -0.25) is 9.59 Å². The lowest BCUT2D eigenvalue weighted by Crippen LogP contribution is -2.45. The fourth-order valence-corrected chi connectivity index (χ4v) is 2.60. The topological polar surface area (TPSA) is 49.4 Å². The summed E-state index contributed by atoms with van der Waals surface area (Å²) in [7, 11) is 1.71. The molecule has 0 aliphatic carbocycles. The van der Waals surface area contributed by atoms with Crippen LogP contribution in [0.1, 0.15) is 15.9 Å². The fraction of sp³-hybridized carbons (Fsp3) is 0.176. The van der Waals surface area contributed by atoms with Crippen molar-refractivity contribution in [3.8, 4) is 0 Å². The molecule has 0 bridgehead atoms. The van der Waals surface area contributed by atoms with E-state index in [-0.39, 0.29) is 11.8 Å². The molecule has 1 aliphatic rings. The van der Waals surface area contributed by atoms with Crippen molar-refractivity contribution < 1.29 is 9.59 Å². The van der Waals surface area contributed by atoms with Crippen LogP contribution in [0.3, 0.4) is 0 Å². The molecule has 0 aromatic heterocycles. The SMILES string of the molecule is CN1C(=O)C(Cc2ccccc2)NC(=O)c2ccccc21. The Bertz CT molecular complexity index is 682. The summed E-state index contributed by atoms with van der Waals surface area (Å²) in [5.41, 5.74) is 2.20. The van der Waals surface area contributed by atoms with Crippen LogP contribution in [0.25, 0.3) is 0 Å². The average Bonchev–Trinajstić information content (AvgIpc) is 2.61. The minimum Gasteiger partial charge on any atom is -0.340 e. The standard InChI is InChI=1S/C17H16N2O2/c1-19-15-10-6-5-9-13(15)16(20)18-14(17(19)21)11-12-7-3-2-4-8-12/h2-10,14H,11H2,1H3,(H,18,20). The van der Waals surface area contributed by atoms with Gasteiger partial charge in [-0.2, -0.15) is 0 Å². The van der Waals surface area contributed by atoms with Gasteiger partial charge in [0.05, 0.1) is 11.3 Å². The smallest absolute Gasteiger partial charge is 0.254 e. The highest BCUT2D eigenvalue weighted by Crippen LogP contribution is 2.23. The molecule has 106 valence electrons. The Balaban J connectivity index is 1.93. The van der Waals surface area contributed by atoms with Crippen LogP contribution >= 0.6 is 0 Å². The second kappa shape index (κ2) is 5.40. The normalized spacial score (nSPS) is 18.0. The lowest BCUT2D eigenvalue weighted by molar-refractivity contribution is -0.120. The Morgan fingerprint density at radius 1 is 1.00 bits per heavy atom. The molecule has 0 radical (unpaired) electrons. The largest absolute Gasteiger partial charge is 0.340 e. The Morgan fingerprint density at radius 2 is 1.67 bits per heavy atom. The lowest BCUT2D eigenvalue weighted by Gasteiger charge is -2.21. The van der Waals surface area contributed by atoms with Gasteiger partial charge in [0.2, 0.25) is 5.91 Å². The first-order valence-corrected chi connectivity index (χ1v) is 6.88. The van der Waals surface area contributed by atoms with Crippen molar-refractivity contribution in [1.29, 1.82) is 0 Å². The molecule has 1 heterocycles. The van der Waals surface area contributed by atoms with E-state index < -0.39 is 6.04 Å². The van der Waals surface area contributed by atoms with Gasteiger partial charge in [-0.25, -0.2) is 0 Å². The van der Waals surface area contributed by atoms with E-state index in [1.54, 1.807) is 30.1 Å². The molecule has 1 unspecified atom stereocenters. The van der Waals surface area contributed by atoms with Gasteiger partial charge in [0.15, 0.2) is 0 Å². The van der Waals surface area contributed by atoms with Gasteiger partial charge in [0.25, 0.3) is 5.91 Å². The second-order valence-corrected chi connectivity index (χ2v) is 5.13. The maximum atomic E-state index is 12.6. The number of amides is 2. The van der Waals surface area contributed by atoms with Gasteiger partial charge in [0.1, 0.15) is 6.04 Å². The highest BCUT2D eigenvalue weighted by Gasteiger charge is 2.31. The summed E-state index contributed by atoms with van der Waals surface area (Å²) in [4.78, 5) is 26.4. The van der Waals surface area contributed by atoms with Gasteiger partial charge in [-0.15, -0.1) is 0 Å². The third-order valence-corrected chi connectivity index (χ3v) is 3.73. The van der Waals surface area contributed by atoms with Gasteiger partial charge < -0.3 is 10.2 Å². The van der Waals surface area contributed by atoms with Crippen LogP contribution in [0.4, 0.5) is 5.69 Å². The van der Waals surface area contributed by atoms with Gasteiger partial charge in [-0.05, 0) is 17.7 Å². The number of anilines is 1. The average molecular weight is 280 g/mol. The number of carbonyl (C=O) groups excluding carboxylic acids is 2. The third kappa shape index (κ3) is 2.52. The van der Waals surface area contributed by atoms with Crippen molar-refractivity contribution in [1.82, 2.24) is 5.32 Å². The molecule has 2 amide bonds. The van der Waals surface area contributed by atoms with Crippen LogP contribution in [0, 0.1) is 0 Å². The number of para-hydroxylation sites is 1. The summed E-state index contributed by atoms with van der Waals surface area (Å²) in [6.45, 7) is 0. The minimum atomic E-state index is -0.544. The molecule has 0 saturated heterocycles. The quantitative estimate of drug-likeness (QED) is 0.914. The first kappa shape index (κ1) is 13.4. The Hall–Kier alpha value is -2.62. The van der Waals surface area contributed by atoms with Crippen molar-refractivity contribution in [3.05, 3.63) is 65.7 Å². The molecule has 0 fully saturated rings. The number of hydrogen-bond donors (Lipinski definition) is 1. The predicted octanol–water partition coefficient (Wildman–Crippen LogP) is 2.00. The number of nitrogens with zero attached hydrogens (tertiary/aromatic N) is 1. The zero-order chi connectivity index (χ0) is 14.8. The minimum absolute atomic E-state index is 0.0999. The molecule has 0 saturated carbocycles. The van der Waals surface area contributed by atoms with Crippen LogP contribution < -0.4 is 10.2 Å². The number of carbonyl (C=O) groups is 2. The summed E-state index contributed by atoms with van der Waals surface area (Å²) in [6.07, 6.45) is 0.490. The maximum Gasteiger partial charge on any atom is 0.254 e. The highest BCUT2D eigenvalue weighted by molar-refractivity contribution is 6.10. The third-order valence-electron chi connectivity index (χ3n) is 3.73. The summed E-state index contributed by atoms with van der Waals surface area (Å²) in [5, 5.41) is 2.83. The van der Waals surface area contributed by atoms with E-state index in [0.717, 1.165) is 5.56 Å². The molecule has 1 atom stereocenters. The monoisotopic (exact) mass is 280 g/mol. The molecule has 3 rings (SSSR count). The summed E-state index contributed by atoms with van der Waals surface area (Å²) >= 11 is 0. The highest BCUT2D eigenvalue weighted by atomic mass is 16.2. The molecular formula is C17H16N2O2. The number of nitrogens with one attached hydrogen (secondary N) is 1. The Morgan fingerprint density at radius 3 is 2.43 bits per heavy atom. The predicted molar refractivity (Wildman–Crippen MR) is 81.3 cm³/mol. The van der Waals surface area contributed by atoms with Crippen LogP contribution in [0.2, 0.25) is 0 Å². The first-order chi connectivity index (χ1) is 10.2. The van der Waals surface area contributed by atoms with Crippen LogP contribution in [0.5, 0.6) is 0 Å². The molecule has 1 aliphatic heterocycles.